The van der Waals surface area contributed by atoms with Gasteiger partial charge in [0.2, 0.25) is 0 Å². The first-order valence-corrected chi connectivity index (χ1v) is 8.69. The molecule has 0 bridgehead atoms. The minimum Gasteiger partial charge on any atom is -0.378 e. The molecule has 6 heteroatoms. The molecule has 2 aromatic rings. The number of amides is 1. The lowest BCUT2D eigenvalue weighted by molar-refractivity contribution is -0.112. The van der Waals surface area contributed by atoms with Crippen LogP contribution in [0.5, 0.6) is 0 Å². The first-order chi connectivity index (χ1) is 13.1. The average Bonchev–Trinajstić information content (AvgIpc) is 2.69. The molecule has 1 aliphatic heterocycles. The maximum Gasteiger partial charge on any atom is 0.266 e. The number of hydrogen-bond acceptors (Lipinski definition) is 4. The number of carbonyl (C=O) groups excluding carboxylic acids is 1. The predicted molar refractivity (Wildman–Crippen MR) is 103 cm³/mol. The smallest absolute Gasteiger partial charge is 0.266 e. The van der Waals surface area contributed by atoms with Gasteiger partial charge in [0.25, 0.3) is 5.91 Å². The van der Waals surface area contributed by atoms with E-state index in [9.17, 15) is 14.4 Å². The maximum atomic E-state index is 13.0. The Morgan fingerprint density at radius 3 is 2.56 bits per heavy atom. The molecule has 0 atom stereocenters. The molecule has 1 aliphatic rings. The van der Waals surface area contributed by atoms with Gasteiger partial charge < -0.3 is 15.0 Å². The Morgan fingerprint density at radius 2 is 1.93 bits per heavy atom. The minimum atomic E-state index is -0.527. The summed E-state index contributed by atoms with van der Waals surface area (Å²) >= 11 is 0. The summed E-state index contributed by atoms with van der Waals surface area (Å²) in [4.78, 5) is 14.6. The molecule has 3 rings (SSSR count). The van der Waals surface area contributed by atoms with E-state index in [0.29, 0.717) is 18.9 Å². The minimum absolute atomic E-state index is 0.0125. The number of anilines is 2. The van der Waals surface area contributed by atoms with Crippen molar-refractivity contribution in [2.24, 2.45) is 0 Å². The molecule has 138 valence electrons. The second-order valence-corrected chi connectivity index (χ2v) is 6.27. The van der Waals surface area contributed by atoms with E-state index < -0.39 is 5.91 Å². The number of benzene rings is 2. The summed E-state index contributed by atoms with van der Waals surface area (Å²) in [6, 6.07) is 13.3. The molecule has 0 aromatic heterocycles. The van der Waals surface area contributed by atoms with Gasteiger partial charge in [0.15, 0.2) is 0 Å². The molecule has 1 saturated heterocycles. The molecule has 1 amide bonds. The summed E-state index contributed by atoms with van der Waals surface area (Å²) < 4.78 is 18.3. The standard InChI is InChI=1S/C21H20FN3O2/c1-15-12-20(25-8-10-27-11-9-25)7-2-16(15)13-17(14-23)21(26)24-19-5-3-18(22)4-6-19/h2-7,12-13H,8-11H2,1H3,(H,24,26)/b17-13-. The number of nitrogens with zero attached hydrogens (tertiary/aromatic N) is 2. The third-order valence-electron chi connectivity index (χ3n) is 4.40. The van der Waals surface area contributed by atoms with Gasteiger partial charge in [-0.1, -0.05) is 6.07 Å². The summed E-state index contributed by atoms with van der Waals surface area (Å²) in [6.07, 6.45) is 1.57. The van der Waals surface area contributed by atoms with Gasteiger partial charge in [0.1, 0.15) is 17.5 Å². The molecule has 1 heterocycles. The molecule has 1 N–H and O–H groups in total. The Hall–Kier alpha value is -3.17. The van der Waals surface area contributed by atoms with Crippen LogP contribution in [0.1, 0.15) is 11.1 Å². The normalized spacial score (nSPS) is 14.6. The van der Waals surface area contributed by atoms with Gasteiger partial charge >= 0.3 is 0 Å². The number of carbonyl (C=O) groups is 1. The van der Waals surface area contributed by atoms with Gasteiger partial charge in [-0.25, -0.2) is 4.39 Å². The van der Waals surface area contributed by atoms with Crippen molar-refractivity contribution >= 4 is 23.4 Å². The number of rotatable bonds is 4. The largest absolute Gasteiger partial charge is 0.378 e. The fourth-order valence-electron chi connectivity index (χ4n) is 2.88. The molecule has 0 aliphatic carbocycles. The topological polar surface area (TPSA) is 65.4 Å². The Labute approximate surface area is 157 Å². The fraction of sp³-hybridized carbons (Fsp3) is 0.238. The average molecular weight is 365 g/mol. The van der Waals surface area contributed by atoms with Gasteiger partial charge in [0.05, 0.1) is 13.2 Å². The summed E-state index contributed by atoms with van der Waals surface area (Å²) in [7, 11) is 0. The second-order valence-electron chi connectivity index (χ2n) is 6.27. The number of hydrogen-bond donors (Lipinski definition) is 1. The first kappa shape index (κ1) is 18.6. The summed E-state index contributed by atoms with van der Waals surface area (Å²) in [5.41, 5.74) is 3.30. The number of nitriles is 1. The van der Waals surface area contributed by atoms with E-state index in [2.05, 4.69) is 10.2 Å². The van der Waals surface area contributed by atoms with E-state index in [1.54, 1.807) is 6.08 Å². The number of morpholine rings is 1. The van der Waals surface area contributed by atoms with Crippen LogP contribution in [0.25, 0.3) is 6.08 Å². The van der Waals surface area contributed by atoms with Crippen LogP contribution in [-0.4, -0.2) is 32.2 Å². The van der Waals surface area contributed by atoms with Crippen LogP contribution in [-0.2, 0) is 9.53 Å². The van der Waals surface area contributed by atoms with Gasteiger partial charge in [-0.2, -0.15) is 5.26 Å². The highest BCUT2D eigenvalue weighted by Crippen LogP contribution is 2.22. The van der Waals surface area contributed by atoms with E-state index in [0.717, 1.165) is 29.9 Å². The summed E-state index contributed by atoms with van der Waals surface area (Å²) in [5.74, 6) is -0.916. The van der Waals surface area contributed by atoms with Crippen molar-refractivity contribution in [1.29, 1.82) is 5.26 Å². The van der Waals surface area contributed by atoms with Crippen LogP contribution in [0.15, 0.2) is 48.0 Å². The van der Waals surface area contributed by atoms with E-state index >= 15 is 0 Å². The zero-order valence-corrected chi connectivity index (χ0v) is 15.0. The van der Waals surface area contributed by atoms with Crippen LogP contribution in [0.2, 0.25) is 0 Å². The Balaban J connectivity index is 1.77. The molecular formula is C21H20FN3O2. The van der Waals surface area contributed by atoms with Crippen molar-refractivity contribution in [3.05, 3.63) is 65.0 Å². The van der Waals surface area contributed by atoms with Crippen LogP contribution in [0, 0.1) is 24.1 Å². The van der Waals surface area contributed by atoms with Crippen LogP contribution >= 0.6 is 0 Å². The Kier molecular flexibility index (Phi) is 5.84. The van der Waals surface area contributed by atoms with Gasteiger partial charge in [-0.3, -0.25) is 4.79 Å². The number of aryl methyl sites for hydroxylation is 1. The lowest BCUT2D eigenvalue weighted by Crippen LogP contribution is -2.36. The predicted octanol–water partition coefficient (Wildman–Crippen LogP) is 3.52. The highest BCUT2D eigenvalue weighted by atomic mass is 19.1. The number of ether oxygens (including phenoxy) is 1. The van der Waals surface area contributed by atoms with Crippen LogP contribution in [0.3, 0.4) is 0 Å². The number of halogens is 1. The van der Waals surface area contributed by atoms with Gasteiger partial charge in [0, 0.05) is 24.5 Å². The van der Waals surface area contributed by atoms with E-state index in [4.69, 9.17) is 4.74 Å². The van der Waals surface area contributed by atoms with Gasteiger partial charge in [-0.15, -0.1) is 0 Å². The Bertz CT molecular complexity index is 895. The SMILES string of the molecule is Cc1cc(N2CCOCC2)ccc1/C=C(/C#N)C(=O)Nc1ccc(F)cc1. The van der Waals surface area contributed by atoms with Crippen LogP contribution < -0.4 is 10.2 Å². The van der Waals surface area contributed by atoms with Crippen LogP contribution in [0.4, 0.5) is 15.8 Å². The second kappa shape index (κ2) is 8.47. The lowest BCUT2D eigenvalue weighted by Gasteiger charge is -2.29. The highest BCUT2D eigenvalue weighted by Gasteiger charge is 2.13. The van der Waals surface area contributed by atoms with Crippen molar-refractivity contribution < 1.29 is 13.9 Å². The summed E-state index contributed by atoms with van der Waals surface area (Å²) in [5, 5.41) is 12.0. The molecule has 0 radical (unpaired) electrons. The zero-order chi connectivity index (χ0) is 19.2. The van der Waals surface area contributed by atoms with Crippen molar-refractivity contribution in [1.82, 2.24) is 0 Å². The van der Waals surface area contributed by atoms with Crippen molar-refractivity contribution in [2.75, 3.05) is 36.5 Å². The molecule has 1 fully saturated rings. The molecule has 0 saturated carbocycles. The highest BCUT2D eigenvalue weighted by molar-refractivity contribution is 6.09. The monoisotopic (exact) mass is 365 g/mol. The molecule has 5 nitrogen and oxygen atoms in total. The van der Waals surface area contributed by atoms with Crippen molar-refractivity contribution in [2.45, 2.75) is 6.92 Å². The summed E-state index contributed by atoms with van der Waals surface area (Å²) in [6.45, 7) is 5.06. The van der Waals surface area contributed by atoms with Crippen molar-refractivity contribution in [3.8, 4) is 6.07 Å². The maximum absolute atomic E-state index is 13.0. The zero-order valence-electron chi connectivity index (χ0n) is 15.0. The molecule has 27 heavy (non-hydrogen) atoms. The third-order valence-corrected chi connectivity index (χ3v) is 4.40. The molecule has 0 spiro atoms. The fourth-order valence-corrected chi connectivity index (χ4v) is 2.88. The van der Waals surface area contributed by atoms with E-state index in [1.165, 1.54) is 24.3 Å². The lowest BCUT2D eigenvalue weighted by atomic mass is 10.0. The van der Waals surface area contributed by atoms with Gasteiger partial charge in [-0.05, 0) is 60.5 Å². The molecule has 0 unspecified atom stereocenters. The molecular weight excluding hydrogens is 345 g/mol. The first-order valence-electron chi connectivity index (χ1n) is 8.69. The number of nitrogens with one attached hydrogen (secondary N) is 1. The Morgan fingerprint density at radius 1 is 1.22 bits per heavy atom. The van der Waals surface area contributed by atoms with Crippen molar-refractivity contribution in [3.63, 3.8) is 0 Å². The molecule has 2 aromatic carbocycles. The third kappa shape index (κ3) is 4.72. The van der Waals surface area contributed by atoms with E-state index in [1.807, 2.05) is 31.2 Å². The quantitative estimate of drug-likeness (QED) is 0.665. The van der Waals surface area contributed by atoms with E-state index in [-0.39, 0.29) is 11.4 Å².